The first-order valence-corrected chi connectivity index (χ1v) is 9.69. The van der Waals surface area contributed by atoms with Gasteiger partial charge >= 0.3 is 0 Å². The molecule has 24 heavy (non-hydrogen) atoms. The highest BCUT2D eigenvalue weighted by molar-refractivity contribution is 7.08. The SMILES string of the molecule is COc1ccc2c(c1)C(C1CCN(C(=O)c3ccsc3)CC1)CC2. The number of nitrogens with zero attached hydrogens (tertiary/aromatic N) is 1. The number of carbonyl (C=O) groups is 1. The van der Waals surface area contributed by atoms with E-state index in [9.17, 15) is 4.79 Å². The number of piperidine rings is 1. The lowest BCUT2D eigenvalue weighted by atomic mass is 9.81. The molecule has 1 amide bonds. The van der Waals surface area contributed by atoms with E-state index in [1.165, 1.54) is 24.0 Å². The molecule has 1 atom stereocenters. The number of likely N-dealkylation sites (tertiary alicyclic amines) is 1. The van der Waals surface area contributed by atoms with Gasteiger partial charge in [0.15, 0.2) is 0 Å². The molecule has 1 aromatic carbocycles. The number of hydrogen-bond donors (Lipinski definition) is 0. The van der Waals surface area contributed by atoms with E-state index >= 15 is 0 Å². The minimum absolute atomic E-state index is 0.197. The van der Waals surface area contributed by atoms with E-state index < -0.39 is 0 Å². The van der Waals surface area contributed by atoms with Gasteiger partial charge in [-0.15, -0.1) is 0 Å². The Morgan fingerprint density at radius 1 is 1.21 bits per heavy atom. The molecule has 1 unspecified atom stereocenters. The summed E-state index contributed by atoms with van der Waals surface area (Å²) >= 11 is 1.59. The Morgan fingerprint density at radius 3 is 2.75 bits per heavy atom. The Morgan fingerprint density at radius 2 is 2.04 bits per heavy atom. The molecule has 1 fully saturated rings. The smallest absolute Gasteiger partial charge is 0.254 e. The highest BCUT2D eigenvalue weighted by Gasteiger charge is 2.33. The molecule has 2 heterocycles. The first-order valence-electron chi connectivity index (χ1n) is 8.74. The predicted molar refractivity (Wildman–Crippen MR) is 97.0 cm³/mol. The largest absolute Gasteiger partial charge is 0.497 e. The molecule has 2 aromatic rings. The van der Waals surface area contributed by atoms with E-state index in [4.69, 9.17) is 4.74 Å². The number of benzene rings is 1. The second kappa shape index (κ2) is 6.60. The monoisotopic (exact) mass is 341 g/mol. The highest BCUT2D eigenvalue weighted by atomic mass is 32.1. The lowest BCUT2D eigenvalue weighted by molar-refractivity contribution is 0.0678. The van der Waals surface area contributed by atoms with Gasteiger partial charge in [-0.25, -0.2) is 0 Å². The number of hydrogen-bond acceptors (Lipinski definition) is 3. The zero-order chi connectivity index (χ0) is 16.5. The van der Waals surface area contributed by atoms with Gasteiger partial charge in [-0.3, -0.25) is 4.79 Å². The summed E-state index contributed by atoms with van der Waals surface area (Å²) in [6.07, 6.45) is 4.64. The summed E-state index contributed by atoms with van der Waals surface area (Å²) in [5, 5.41) is 3.93. The molecular weight excluding hydrogens is 318 g/mol. The van der Waals surface area contributed by atoms with Gasteiger partial charge in [0, 0.05) is 18.5 Å². The summed E-state index contributed by atoms with van der Waals surface area (Å²) < 4.78 is 5.41. The Hall–Kier alpha value is -1.81. The van der Waals surface area contributed by atoms with E-state index in [1.54, 1.807) is 18.4 Å². The molecule has 4 heteroatoms. The van der Waals surface area contributed by atoms with Crippen molar-refractivity contribution >= 4 is 17.2 Å². The summed E-state index contributed by atoms with van der Waals surface area (Å²) in [5.41, 5.74) is 3.81. The minimum atomic E-state index is 0.197. The average Bonchev–Trinajstić information content (AvgIpc) is 3.30. The van der Waals surface area contributed by atoms with Gasteiger partial charge in [-0.2, -0.15) is 11.3 Å². The summed E-state index contributed by atoms with van der Waals surface area (Å²) in [6, 6.07) is 8.46. The lowest BCUT2D eigenvalue weighted by Gasteiger charge is -2.35. The molecule has 0 saturated carbocycles. The van der Waals surface area contributed by atoms with Crippen LogP contribution in [0.3, 0.4) is 0 Å². The van der Waals surface area contributed by atoms with Crippen molar-refractivity contribution in [2.45, 2.75) is 31.6 Å². The lowest BCUT2D eigenvalue weighted by Crippen LogP contribution is -2.39. The number of fused-ring (bicyclic) bond motifs is 1. The molecule has 2 aliphatic rings. The van der Waals surface area contributed by atoms with Crippen LogP contribution in [0.5, 0.6) is 5.75 Å². The fourth-order valence-electron chi connectivity index (χ4n) is 4.30. The third-order valence-corrected chi connectivity index (χ3v) is 6.32. The second-order valence-corrected chi connectivity index (χ2v) is 7.63. The van der Waals surface area contributed by atoms with Crippen LogP contribution in [0.4, 0.5) is 0 Å². The maximum absolute atomic E-state index is 12.5. The fraction of sp³-hybridized carbons (Fsp3) is 0.450. The second-order valence-electron chi connectivity index (χ2n) is 6.85. The number of rotatable bonds is 3. The van der Waals surface area contributed by atoms with E-state index in [0.717, 1.165) is 37.2 Å². The fourth-order valence-corrected chi connectivity index (χ4v) is 4.93. The van der Waals surface area contributed by atoms with Gasteiger partial charge < -0.3 is 9.64 Å². The Labute approximate surface area is 147 Å². The molecule has 4 rings (SSSR count). The highest BCUT2D eigenvalue weighted by Crippen LogP contribution is 2.43. The van der Waals surface area contributed by atoms with Crippen molar-refractivity contribution in [2.24, 2.45) is 5.92 Å². The maximum atomic E-state index is 12.5. The van der Waals surface area contributed by atoms with Crippen LogP contribution in [0.1, 0.15) is 46.7 Å². The van der Waals surface area contributed by atoms with E-state index in [0.29, 0.717) is 11.8 Å². The van der Waals surface area contributed by atoms with Gasteiger partial charge in [-0.1, -0.05) is 6.07 Å². The van der Waals surface area contributed by atoms with Gasteiger partial charge in [0.1, 0.15) is 5.75 Å². The third kappa shape index (κ3) is 2.84. The number of amides is 1. The van der Waals surface area contributed by atoms with E-state index in [1.807, 2.05) is 21.7 Å². The van der Waals surface area contributed by atoms with Crippen molar-refractivity contribution in [3.63, 3.8) is 0 Å². The number of aryl methyl sites for hydroxylation is 1. The predicted octanol–water partition coefficient (Wildman–Crippen LogP) is 4.34. The van der Waals surface area contributed by atoms with Crippen molar-refractivity contribution in [3.8, 4) is 5.75 Å². The average molecular weight is 341 g/mol. The minimum Gasteiger partial charge on any atom is -0.497 e. The normalized spacial score (nSPS) is 20.9. The summed E-state index contributed by atoms with van der Waals surface area (Å²) in [7, 11) is 1.74. The van der Waals surface area contributed by atoms with Gasteiger partial charge in [0.25, 0.3) is 5.91 Å². The summed E-state index contributed by atoms with van der Waals surface area (Å²) in [5.74, 6) is 2.48. The van der Waals surface area contributed by atoms with Crippen molar-refractivity contribution in [3.05, 3.63) is 51.7 Å². The van der Waals surface area contributed by atoms with Crippen molar-refractivity contribution in [1.82, 2.24) is 4.90 Å². The van der Waals surface area contributed by atoms with Crippen LogP contribution in [0.25, 0.3) is 0 Å². The molecule has 3 nitrogen and oxygen atoms in total. The number of carbonyl (C=O) groups excluding carboxylic acids is 1. The molecule has 0 N–H and O–H groups in total. The molecule has 0 spiro atoms. The zero-order valence-corrected chi connectivity index (χ0v) is 14.8. The molecule has 0 radical (unpaired) electrons. The van der Waals surface area contributed by atoms with Crippen LogP contribution in [0.2, 0.25) is 0 Å². The molecule has 1 aliphatic heterocycles. The van der Waals surface area contributed by atoms with E-state index in [-0.39, 0.29) is 5.91 Å². The van der Waals surface area contributed by atoms with Gasteiger partial charge in [-0.05, 0) is 72.2 Å². The Bertz CT molecular complexity index is 717. The van der Waals surface area contributed by atoms with Crippen LogP contribution in [-0.4, -0.2) is 31.0 Å². The number of methoxy groups -OCH3 is 1. The Kier molecular flexibility index (Phi) is 4.31. The maximum Gasteiger partial charge on any atom is 0.254 e. The molecule has 1 aliphatic carbocycles. The van der Waals surface area contributed by atoms with Crippen molar-refractivity contribution in [2.75, 3.05) is 20.2 Å². The van der Waals surface area contributed by atoms with Crippen LogP contribution in [0.15, 0.2) is 35.0 Å². The van der Waals surface area contributed by atoms with Crippen LogP contribution >= 0.6 is 11.3 Å². The number of ether oxygens (including phenoxy) is 1. The quantitative estimate of drug-likeness (QED) is 0.831. The van der Waals surface area contributed by atoms with Crippen LogP contribution in [-0.2, 0) is 6.42 Å². The topological polar surface area (TPSA) is 29.5 Å². The van der Waals surface area contributed by atoms with Gasteiger partial charge in [0.05, 0.1) is 12.7 Å². The molecule has 126 valence electrons. The van der Waals surface area contributed by atoms with E-state index in [2.05, 4.69) is 18.2 Å². The third-order valence-electron chi connectivity index (χ3n) is 5.64. The summed E-state index contributed by atoms with van der Waals surface area (Å²) in [6.45, 7) is 1.77. The first kappa shape index (κ1) is 15.7. The van der Waals surface area contributed by atoms with Crippen LogP contribution in [0, 0.1) is 5.92 Å². The Balaban J connectivity index is 1.43. The molecular formula is C20H23NO2S. The van der Waals surface area contributed by atoms with Crippen LogP contribution < -0.4 is 4.74 Å². The zero-order valence-electron chi connectivity index (χ0n) is 14.0. The summed E-state index contributed by atoms with van der Waals surface area (Å²) in [4.78, 5) is 14.5. The van der Waals surface area contributed by atoms with Crippen molar-refractivity contribution in [1.29, 1.82) is 0 Å². The molecule has 1 saturated heterocycles. The molecule has 1 aromatic heterocycles. The van der Waals surface area contributed by atoms with Gasteiger partial charge in [0.2, 0.25) is 0 Å². The first-order chi connectivity index (χ1) is 11.8. The molecule has 0 bridgehead atoms. The standard InChI is InChI=1S/C20H23NO2S/c1-23-17-4-2-14-3-5-18(19(14)12-17)15-6-9-21(10-7-15)20(22)16-8-11-24-13-16/h2,4,8,11-13,15,18H,3,5-7,9-10H2,1H3. The van der Waals surface area contributed by atoms with Crippen molar-refractivity contribution < 1.29 is 9.53 Å². The number of thiophene rings is 1.